The van der Waals surface area contributed by atoms with Crippen molar-refractivity contribution in [1.82, 2.24) is 4.98 Å². The molecule has 0 fully saturated rings. The van der Waals surface area contributed by atoms with Gasteiger partial charge in [0.15, 0.2) is 0 Å². The molecule has 1 aromatic rings. The predicted octanol–water partition coefficient (Wildman–Crippen LogP) is 2.36. The molecule has 0 aliphatic rings. The second kappa shape index (κ2) is 3.90. The van der Waals surface area contributed by atoms with Gasteiger partial charge in [-0.1, -0.05) is 0 Å². The molecule has 0 radical (unpaired) electrons. The van der Waals surface area contributed by atoms with E-state index in [0.717, 1.165) is 6.20 Å². The maximum absolute atomic E-state index is 12.2. The minimum Gasteiger partial charge on any atom is -0.254 e. The van der Waals surface area contributed by atoms with Crippen molar-refractivity contribution in [1.29, 1.82) is 5.26 Å². The molecule has 68 valence electrons. The summed E-state index contributed by atoms with van der Waals surface area (Å²) in [6.45, 7) is -0.939. The van der Waals surface area contributed by atoms with Gasteiger partial charge in [-0.15, -0.1) is 0 Å². The molecule has 0 aromatic carbocycles. The minimum absolute atomic E-state index is 0.0483. The SMILES string of the molecule is N#Cc1c(CF)ccnc1C(F)F. The lowest BCUT2D eigenvalue weighted by Crippen LogP contribution is -1.98. The molecule has 0 aliphatic heterocycles. The summed E-state index contributed by atoms with van der Waals surface area (Å²) in [4.78, 5) is 3.32. The van der Waals surface area contributed by atoms with E-state index in [0.29, 0.717) is 0 Å². The highest BCUT2D eigenvalue weighted by molar-refractivity contribution is 5.40. The second-order valence-electron chi connectivity index (χ2n) is 2.28. The van der Waals surface area contributed by atoms with Crippen molar-refractivity contribution in [3.8, 4) is 6.07 Å². The van der Waals surface area contributed by atoms with Crippen molar-refractivity contribution in [2.75, 3.05) is 0 Å². The third kappa shape index (κ3) is 1.78. The Morgan fingerprint density at radius 1 is 1.54 bits per heavy atom. The normalized spacial score (nSPS) is 10.1. The van der Waals surface area contributed by atoms with E-state index in [2.05, 4.69) is 4.98 Å². The van der Waals surface area contributed by atoms with Gasteiger partial charge in [-0.25, -0.2) is 13.2 Å². The molecule has 2 nitrogen and oxygen atoms in total. The van der Waals surface area contributed by atoms with Crippen molar-refractivity contribution < 1.29 is 13.2 Å². The van der Waals surface area contributed by atoms with Gasteiger partial charge in [-0.3, -0.25) is 4.98 Å². The smallest absolute Gasteiger partial charge is 0.254 e. The molecule has 5 heteroatoms. The fraction of sp³-hybridized carbons (Fsp3) is 0.250. The zero-order valence-electron chi connectivity index (χ0n) is 6.47. The summed E-state index contributed by atoms with van der Waals surface area (Å²) >= 11 is 0. The molecule has 13 heavy (non-hydrogen) atoms. The van der Waals surface area contributed by atoms with Gasteiger partial charge in [0, 0.05) is 11.8 Å². The van der Waals surface area contributed by atoms with E-state index in [1.165, 1.54) is 12.1 Å². The number of alkyl halides is 3. The van der Waals surface area contributed by atoms with Crippen molar-refractivity contribution in [3.05, 3.63) is 29.1 Å². The van der Waals surface area contributed by atoms with E-state index >= 15 is 0 Å². The van der Waals surface area contributed by atoms with E-state index in [1.807, 2.05) is 0 Å². The highest BCUT2D eigenvalue weighted by Crippen LogP contribution is 2.22. The van der Waals surface area contributed by atoms with Crippen LogP contribution in [0.15, 0.2) is 12.3 Å². The zero-order chi connectivity index (χ0) is 9.84. The van der Waals surface area contributed by atoms with Gasteiger partial charge in [0.25, 0.3) is 6.43 Å². The summed E-state index contributed by atoms with van der Waals surface area (Å²) in [6, 6.07) is 2.73. The maximum atomic E-state index is 12.2. The Morgan fingerprint density at radius 2 is 2.23 bits per heavy atom. The van der Waals surface area contributed by atoms with Gasteiger partial charge >= 0.3 is 0 Å². The molecule has 0 atom stereocenters. The molecule has 1 aromatic heterocycles. The Bertz CT molecular complexity index is 344. The summed E-state index contributed by atoms with van der Waals surface area (Å²) in [5.41, 5.74) is -1.06. The van der Waals surface area contributed by atoms with E-state index in [1.54, 1.807) is 0 Å². The minimum atomic E-state index is -2.85. The van der Waals surface area contributed by atoms with Crippen LogP contribution in [-0.4, -0.2) is 4.98 Å². The number of halogens is 3. The largest absolute Gasteiger partial charge is 0.281 e. The molecule has 0 saturated carbocycles. The van der Waals surface area contributed by atoms with Gasteiger partial charge in [0.05, 0.1) is 5.56 Å². The highest BCUT2D eigenvalue weighted by atomic mass is 19.3. The molecule has 0 aliphatic carbocycles. The van der Waals surface area contributed by atoms with Gasteiger partial charge in [0.2, 0.25) is 0 Å². The molecule has 0 N–H and O–H groups in total. The number of nitrogens with zero attached hydrogens (tertiary/aromatic N) is 2. The molecule has 1 rings (SSSR count). The van der Waals surface area contributed by atoms with Crippen LogP contribution in [-0.2, 0) is 6.67 Å². The quantitative estimate of drug-likeness (QED) is 0.710. The van der Waals surface area contributed by atoms with E-state index in [-0.39, 0.29) is 11.1 Å². The van der Waals surface area contributed by atoms with E-state index in [9.17, 15) is 13.2 Å². The molecule has 0 spiro atoms. The molecular weight excluding hydrogens is 181 g/mol. The van der Waals surface area contributed by atoms with Crippen molar-refractivity contribution in [2.45, 2.75) is 13.1 Å². The number of pyridine rings is 1. The molecule has 0 unspecified atom stereocenters. The molecular formula is C8H5F3N2. The summed E-state index contributed by atoms with van der Waals surface area (Å²) < 4.78 is 36.6. The summed E-state index contributed by atoms with van der Waals surface area (Å²) in [7, 11) is 0. The summed E-state index contributed by atoms with van der Waals surface area (Å²) in [5.74, 6) is 0. The maximum Gasteiger partial charge on any atom is 0.281 e. The van der Waals surface area contributed by atoms with Gasteiger partial charge in [-0.05, 0) is 6.07 Å². The molecule has 0 bridgehead atoms. The molecule has 0 amide bonds. The van der Waals surface area contributed by atoms with Gasteiger partial charge < -0.3 is 0 Å². The first kappa shape index (κ1) is 9.52. The van der Waals surface area contributed by atoms with Crippen LogP contribution in [0.4, 0.5) is 13.2 Å². The number of hydrogen-bond acceptors (Lipinski definition) is 2. The van der Waals surface area contributed by atoms with Crippen LogP contribution in [0.1, 0.15) is 23.2 Å². The van der Waals surface area contributed by atoms with Crippen LogP contribution in [0.5, 0.6) is 0 Å². The molecule has 1 heterocycles. The van der Waals surface area contributed by atoms with Crippen LogP contribution in [0.2, 0.25) is 0 Å². The van der Waals surface area contributed by atoms with Crippen LogP contribution >= 0.6 is 0 Å². The lowest BCUT2D eigenvalue weighted by molar-refractivity contribution is 0.145. The fourth-order valence-electron chi connectivity index (χ4n) is 0.926. The van der Waals surface area contributed by atoms with Crippen LogP contribution in [0.3, 0.4) is 0 Å². The average Bonchev–Trinajstić information content (AvgIpc) is 2.16. The number of aromatic nitrogens is 1. The number of hydrogen-bond donors (Lipinski definition) is 0. The monoisotopic (exact) mass is 186 g/mol. The zero-order valence-corrected chi connectivity index (χ0v) is 6.47. The van der Waals surface area contributed by atoms with E-state index in [4.69, 9.17) is 5.26 Å². The lowest BCUT2D eigenvalue weighted by Gasteiger charge is -2.03. The summed E-state index contributed by atoms with van der Waals surface area (Å²) in [6.07, 6.45) is -1.78. The topological polar surface area (TPSA) is 36.7 Å². The first-order valence-corrected chi connectivity index (χ1v) is 3.42. The van der Waals surface area contributed by atoms with Gasteiger partial charge in [0.1, 0.15) is 18.4 Å². The van der Waals surface area contributed by atoms with Crippen molar-refractivity contribution in [3.63, 3.8) is 0 Å². The standard InChI is InChI=1S/C8H5F3N2/c9-3-5-1-2-13-7(8(10)11)6(5)4-12/h1-2,8H,3H2. The van der Waals surface area contributed by atoms with Crippen molar-refractivity contribution in [2.24, 2.45) is 0 Å². The Hall–Kier alpha value is -1.57. The lowest BCUT2D eigenvalue weighted by atomic mass is 10.1. The Labute approximate surface area is 72.6 Å². The third-order valence-corrected chi connectivity index (χ3v) is 1.53. The van der Waals surface area contributed by atoms with Gasteiger partial charge in [-0.2, -0.15) is 5.26 Å². The number of rotatable bonds is 2. The van der Waals surface area contributed by atoms with Crippen LogP contribution in [0, 0.1) is 11.3 Å². The Balaban J connectivity index is 3.29. The highest BCUT2D eigenvalue weighted by Gasteiger charge is 2.17. The average molecular weight is 186 g/mol. The fourth-order valence-corrected chi connectivity index (χ4v) is 0.926. The molecule has 0 saturated heterocycles. The Kier molecular flexibility index (Phi) is 2.85. The second-order valence-corrected chi connectivity index (χ2v) is 2.28. The van der Waals surface area contributed by atoms with Crippen LogP contribution in [0.25, 0.3) is 0 Å². The first-order chi connectivity index (χ1) is 6.20. The third-order valence-electron chi connectivity index (χ3n) is 1.53. The number of nitriles is 1. The first-order valence-electron chi connectivity index (χ1n) is 3.42. The predicted molar refractivity (Wildman–Crippen MR) is 38.7 cm³/mol. The van der Waals surface area contributed by atoms with Crippen molar-refractivity contribution >= 4 is 0 Å². The van der Waals surface area contributed by atoms with E-state index < -0.39 is 18.8 Å². The summed E-state index contributed by atoms with van der Waals surface area (Å²) in [5, 5.41) is 8.49. The van der Waals surface area contributed by atoms with Crippen LogP contribution < -0.4 is 0 Å². The Morgan fingerprint density at radius 3 is 2.69 bits per heavy atom.